The molecular formula is C13H12F3NO5. The molecule has 1 unspecified atom stereocenters. The first-order valence-corrected chi connectivity index (χ1v) is 6.25. The molecule has 1 atom stereocenters. The van der Waals surface area contributed by atoms with Crippen LogP contribution in [-0.4, -0.2) is 54.0 Å². The van der Waals surface area contributed by atoms with E-state index < -0.39 is 30.0 Å². The third-order valence-electron chi connectivity index (χ3n) is 2.99. The fourth-order valence-corrected chi connectivity index (χ4v) is 2.04. The van der Waals surface area contributed by atoms with E-state index in [1.54, 1.807) is 0 Å². The van der Waals surface area contributed by atoms with E-state index in [4.69, 9.17) is 9.84 Å². The molecule has 1 amide bonds. The number of carboxylic acids is 1. The standard InChI is InChI=1S/C13H12F3NO5/c14-13(15,16)22-9-3-1-2-8(6-9)11(18)17-4-5-21-7-10(17)12(19)20/h1-3,6,10H,4-5,7H2,(H,19,20). The highest BCUT2D eigenvalue weighted by atomic mass is 19.4. The van der Waals surface area contributed by atoms with Crippen LogP contribution in [0.2, 0.25) is 0 Å². The van der Waals surface area contributed by atoms with Gasteiger partial charge in [0.25, 0.3) is 5.91 Å². The molecule has 0 aliphatic carbocycles. The Morgan fingerprint density at radius 1 is 1.36 bits per heavy atom. The van der Waals surface area contributed by atoms with Crippen LogP contribution in [-0.2, 0) is 9.53 Å². The quantitative estimate of drug-likeness (QED) is 0.914. The van der Waals surface area contributed by atoms with Crippen LogP contribution in [0.25, 0.3) is 0 Å². The molecule has 1 aliphatic heterocycles. The molecule has 0 spiro atoms. The Morgan fingerprint density at radius 2 is 2.09 bits per heavy atom. The molecule has 2 rings (SSSR count). The summed E-state index contributed by atoms with van der Waals surface area (Å²) in [6, 6.07) is 3.32. The van der Waals surface area contributed by atoms with Gasteiger partial charge in [0.15, 0.2) is 6.04 Å². The maximum Gasteiger partial charge on any atom is 0.573 e. The number of amides is 1. The fourth-order valence-electron chi connectivity index (χ4n) is 2.04. The number of rotatable bonds is 3. The first-order chi connectivity index (χ1) is 10.3. The normalized spacial score (nSPS) is 18.9. The molecule has 1 aromatic rings. The van der Waals surface area contributed by atoms with Crippen LogP contribution in [0.3, 0.4) is 0 Å². The molecule has 0 saturated carbocycles. The van der Waals surface area contributed by atoms with E-state index in [9.17, 15) is 22.8 Å². The fraction of sp³-hybridized carbons (Fsp3) is 0.385. The Morgan fingerprint density at radius 3 is 2.73 bits per heavy atom. The van der Waals surface area contributed by atoms with Gasteiger partial charge in [-0.1, -0.05) is 6.07 Å². The zero-order valence-electron chi connectivity index (χ0n) is 11.2. The number of benzene rings is 1. The number of hydrogen-bond donors (Lipinski definition) is 1. The van der Waals surface area contributed by atoms with Crippen molar-refractivity contribution in [2.24, 2.45) is 0 Å². The molecule has 0 radical (unpaired) electrons. The number of carbonyl (C=O) groups excluding carboxylic acids is 1. The zero-order valence-corrected chi connectivity index (χ0v) is 11.2. The lowest BCUT2D eigenvalue weighted by molar-refractivity contribution is -0.274. The number of hydrogen-bond acceptors (Lipinski definition) is 4. The number of ether oxygens (including phenoxy) is 2. The average Bonchev–Trinajstić information content (AvgIpc) is 2.45. The third-order valence-corrected chi connectivity index (χ3v) is 2.99. The topological polar surface area (TPSA) is 76.1 Å². The van der Waals surface area contributed by atoms with Gasteiger partial charge in [-0.3, -0.25) is 4.79 Å². The minimum Gasteiger partial charge on any atom is -0.480 e. The van der Waals surface area contributed by atoms with Gasteiger partial charge in [-0.2, -0.15) is 0 Å². The molecule has 0 bridgehead atoms. The summed E-state index contributed by atoms with van der Waals surface area (Å²) in [5.41, 5.74) is -0.0881. The Bertz CT molecular complexity index is 575. The third kappa shape index (κ3) is 3.88. The predicted octanol–water partition coefficient (Wildman–Crippen LogP) is 1.51. The second kappa shape index (κ2) is 6.22. The molecule has 0 aromatic heterocycles. The van der Waals surface area contributed by atoms with Crippen LogP contribution in [0, 0.1) is 0 Å². The monoisotopic (exact) mass is 319 g/mol. The van der Waals surface area contributed by atoms with Gasteiger partial charge in [-0.25, -0.2) is 4.79 Å². The lowest BCUT2D eigenvalue weighted by Gasteiger charge is -2.32. The van der Waals surface area contributed by atoms with Crippen LogP contribution in [0.5, 0.6) is 5.75 Å². The summed E-state index contributed by atoms with van der Waals surface area (Å²) < 4.78 is 45.3. The van der Waals surface area contributed by atoms with Gasteiger partial charge in [-0.15, -0.1) is 13.2 Å². The Balaban J connectivity index is 2.21. The largest absolute Gasteiger partial charge is 0.573 e. The van der Waals surface area contributed by atoms with Crippen LogP contribution in [0.4, 0.5) is 13.2 Å². The molecule has 1 aliphatic rings. The Labute approximate surface area is 123 Å². The van der Waals surface area contributed by atoms with E-state index in [1.165, 1.54) is 12.1 Å². The van der Waals surface area contributed by atoms with Gasteiger partial charge in [0.05, 0.1) is 13.2 Å². The molecule has 120 valence electrons. The highest BCUT2D eigenvalue weighted by Gasteiger charge is 2.34. The number of aliphatic carboxylic acids is 1. The summed E-state index contributed by atoms with van der Waals surface area (Å²) in [6.07, 6.45) is -4.87. The van der Waals surface area contributed by atoms with Gasteiger partial charge in [0.2, 0.25) is 0 Å². The summed E-state index contributed by atoms with van der Waals surface area (Å²) in [4.78, 5) is 24.5. The second-order valence-corrected chi connectivity index (χ2v) is 4.50. The van der Waals surface area contributed by atoms with Gasteiger partial charge < -0.3 is 19.5 Å². The summed E-state index contributed by atoms with van der Waals surface area (Å²) in [7, 11) is 0. The van der Waals surface area contributed by atoms with Crippen molar-refractivity contribution in [1.29, 1.82) is 0 Å². The number of nitrogens with zero attached hydrogens (tertiary/aromatic N) is 1. The van der Waals surface area contributed by atoms with E-state index >= 15 is 0 Å². The van der Waals surface area contributed by atoms with Crippen molar-refractivity contribution >= 4 is 11.9 Å². The summed E-state index contributed by atoms with van der Waals surface area (Å²) in [5.74, 6) is -2.47. The molecule has 1 fully saturated rings. The van der Waals surface area contributed by atoms with Gasteiger partial charge in [0.1, 0.15) is 5.75 Å². The van der Waals surface area contributed by atoms with E-state index in [1.807, 2.05) is 0 Å². The smallest absolute Gasteiger partial charge is 0.480 e. The van der Waals surface area contributed by atoms with Crippen LogP contribution < -0.4 is 4.74 Å². The van der Waals surface area contributed by atoms with Gasteiger partial charge >= 0.3 is 12.3 Å². The SMILES string of the molecule is O=C(O)C1COCCN1C(=O)c1cccc(OC(F)(F)F)c1. The molecule has 9 heteroatoms. The molecule has 6 nitrogen and oxygen atoms in total. The van der Waals surface area contributed by atoms with Gasteiger partial charge in [0, 0.05) is 12.1 Å². The molecule has 1 N–H and O–H groups in total. The van der Waals surface area contributed by atoms with Crippen molar-refractivity contribution in [2.75, 3.05) is 19.8 Å². The maximum atomic E-state index is 12.3. The zero-order chi connectivity index (χ0) is 16.3. The summed E-state index contributed by atoms with van der Waals surface area (Å²) >= 11 is 0. The molecular weight excluding hydrogens is 307 g/mol. The second-order valence-electron chi connectivity index (χ2n) is 4.50. The van der Waals surface area contributed by atoms with Crippen LogP contribution >= 0.6 is 0 Å². The lowest BCUT2D eigenvalue weighted by Crippen LogP contribution is -2.52. The van der Waals surface area contributed by atoms with Crippen molar-refractivity contribution < 1.29 is 37.3 Å². The number of carbonyl (C=O) groups is 2. The van der Waals surface area contributed by atoms with Gasteiger partial charge in [-0.05, 0) is 18.2 Å². The minimum absolute atomic E-state index is 0.0418. The van der Waals surface area contributed by atoms with Crippen molar-refractivity contribution in [2.45, 2.75) is 12.4 Å². The van der Waals surface area contributed by atoms with Crippen molar-refractivity contribution in [3.8, 4) is 5.75 Å². The summed E-state index contributed by atoms with van der Waals surface area (Å²) in [6.45, 7) is 0.0359. The molecule has 22 heavy (non-hydrogen) atoms. The molecule has 1 heterocycles. The Kier molecular flexibility index (Phi) is 4.55. The van der Waals surface area contributed by atoms with Crippen LogP contribution in [0.1, 0.15) is 10.4 Å². The number of morpholine rings is 1. The van der Waals surface area contributed by atoms with Crippen molar-refractivity contribution in [1.82, 2.24) is 4.90 Å². The number of alkyl halides is 3. The van der Waals surface area contributed by atoms with Crippen molar-refractivity contribution in [3.05, 3.63) is 29.8 Å². The maximum absolute atomic E-state index is 12.3. The minimum atomic E-state index is -4.87. The lowest BCUT2D eigenvalue weighted by atomic mass is 10.1. The van der Waals surface area contributed by atoms with E-state index in [0.29, 0.717) is 0 Å². The average molecular weight is 319 g/mol. The first kappa shape index (κ1) is 16.1. The van der Waals surface area contributed by atoms with E-state index in [2.05, 4.69) is 4.74 Å². The molecule has 1 saturated heterocycles. The predicted molar refractivity (Wildman–Crippen MR) is 66.4 cm³/mol. The highest BCUT2D eigenvalue weighted by molar-refractivity contribution is 5.97. The van der Waals surface area contributed by atoms with Crippen LogP contribution in [0.15, 0.2) is 24.3 Å². The first-order valence-electron chi connectivity index (χ1n) is 6.25. The summed E-state index contributed by atoms with van der Waals surface area (Å²) in [5, 5.41) is 9.06. The highest BCUT2D eigenvalue weighted by Crippen LogP contribution is 2.24. The van der Waals surface area contributed by atoms with Crippen molar-refractivity contribution in [3.63, 3.8) is 0 Å². The Hall–Kier alpha value is -2.29. The van der Waals surface area contributed by atoms with E-state index in [-0.39, 0.29) is 25.3 Å². The van der Waals surface area contributed by atoms with E-state index in [0.717, 1.165) is 17.0 Å². The molecule has 1 aromatic carbocycles. The number of carboxylic acid groups (broad SMARTS) is 1. The number of halogens is 3.